The van der Waals surface area contributed by atoms with E-state index in [0.717, 1.165) is 31.6 Å². The molecule has 8 nitrogen and oxygen atoms in total. The second-order valence-electron chi connectivity index (χ2n) is 6.46. The third kappa shape index (κ3) is 4.17. The molecule has 0 amide bonds. The van der Waals surface area contributed by atoms with Crippen LogP contribution in [0.4, 0.5) is 29.2 Å². The molecule has 2 heterocycles. The molecular formula is C20H19N6O2-. The zero-order chi connectivity index (χ0) is 19.3. The first-order valence-electron chi connectivity index (χ1n) is 9.09. The molecule has 8 heteroatoms. The summed E-state index contributed by atoms with van der Waals surface area (Å²) in [4.78, 5) is 26.7. The average Bonchev–Trinajstić information content (AvgIpc) is 3.24. The first kappa shape index (κ1) is 17.7. The van der Waals surface area contributed by atoms with Crippen LogP contribution in [0.2, 0.25) is 0 Å². The van der Waals surface area contributed by atoms with Gasteiger partial charge in [0.15, 0.2) is 0 Å². The molecule has 1 aliphatic rings. The number of rotatable bonds is 6. The summed E-state index contributed by atoms with van der Waals surface area (Å²) >= 11 is 0. The lowest BCUT2D eigenvalue weighted by Gasteiger charge is -2.17. The molecule has 1 aromatic heterocycles. The normalized spacial score (nSPS) is 13.4. The first-order chi connectivity index (χ1) is 13.7. The van der Waals surface area contributed by atoms with Gasteiger partial charge in [-0.05, 0) is 42.7 Å². The van der Waals surface area contributed by atoms with Gasteiger partial charge in [0, 0.05) is 24.5 Å². The van der Waals surface area contributed by atoms with Gasteiger partial charge in [-0.1, -0.05) is 30.3 Å². The van der Waals surface area contributed by atoms with E-state index < -0.39 is 5.97 Å². The lowest BCUT2D eigenvalue weighted by Crippen LogP contribution is -2.22. The van der Waals surface area contributed by atoms with Gasteiger partial charge in [-0.25, -0.2) is 0 Å². The van der Waals surface area contributed by atoms with Crippen LogP contribution in [0, 0.1) is 0 Å². The summed E-state index contributed by atoms with van der Waals surface area (Å²) in [5.41, 5.74) is 1.51. The van der Waals surface area contributed by atoms with E-state index in [1.807, 2.05) is 30.3 Å². The second-order valence-corrected chi connectivity index (χ2v) is 6.46. The molecular weight excluding hydrogens is 356 g/mol. The minimum Gasteiger partial charge on any atom is -0.545 e. The number of nitrogens with zero attached hydrogens (tertiary/aromatic N) is 4. The summed E-state index contributed by atoms with van der Waals surface area (Å²) in [6.07, 6.45) is 2.20. The third-order valence-corrected chi connectivity index (χ3v) is 4.40. The fourth-order valence-corrected chi connectivity index (χ4v) is 3.04. The fourth-order valence-electron chi connectivity index (χ4n) is 3.04. The van der Waals surface area contributed by atoms with Crippen molar-refractivity contribution in [2.45, 2.75) is 12.8 Å². The Kier molecular flexibility index (Phi) is 5.01. The Bertz CT molecular complexity index is 973. The number of anilines is 5. The Morgan fingerprint density at radius 1 is 0.857 bits per heavy atom. The van der Waals surface area contributed by atoms with Crippen molar-refractivity contribution in [3.8, 4) is 0 Å². The van der Waals surface area contributed by atoms with E-state index >= 15 is 0 Å². The maximum atomic E-state index is 11.1. The average molecular weight is 375 g/mol. The predicted molar refractivity (Wildman–Crippen MR) is 105 cm³/mol. The van der Waals surface area contributed by atoms with Crippen LogP contribution in [-0.2, 0) is 0 Å². The van der Waals surface area contributed by atoms with Crippen molar-refractivity contribution in [2.75, 3.05) is 28.6 Å². The SMILES string of the molecule is O=C([O-])c1cccc(Nc2nc(Nc3ccccc3)nc(N3CCCC3)n2)c1. The van der Waals surface area contributed by atoms with Crippen LogP contribution in [0.1, 0.15) is 23.2 Å². The highest BCUT2D eigenvalue weighted by Gasteiger charge is 2.17. The Hall–Kier alpha value is -3.68. The summed E-state index contributed by atoms with van der Waals surface area (Å²) in [6, 6.07) is 16.0. The molecule has 3 aromatic rings. The molecule has 0 aliphatic carbocycles. The summed E-state index contributed by atoms with van der Waals surface area (Å²) in [7, 11) is 0. The summed E-state index contributed by atoms with van der Waals surface area (Å²) in [5.74, 6) is 0.112. The van der Waals surface area contributed by atoms with Gasteiger partial charge >= 0.3 is 0 Å². The molecule has 1 aliphatic heterocycles. The quantitative estimate of drug-likeness (QED) is 0.676. The Morgan fingerprint density at radius 3 is 2.18 bits per heavy atom. The molecule has 0 bridgehead atoms. The highest BCUT2D eigenvalue weighted by atomic mass is 16.4. The topological polar surface area (TPSA) is 106 Å². The number of carboxylic acid groups (broad SMARTS) is 1. The first-order valence-corrected chi connectivity index (χ1v) is 9.09. The second kappa shape index (κ2) is 7.91. The molecule has 0 spiro atoms. The van der Waals surface area contributed by atoms with Gasteiger partial charge in [0.1, 0.15) is 0 Å². The number of aromatic nitrogens is 3. The summed E-state index contributed by atoms with van der Waals surface area (Å²) in [5, 5.41) is 17.4. The van der Waals surface area contributed by atoms with E-state index in [2.05, 4.69) is 30.5 Å². The number of para-hydroxylation sites is 1. The summed E-state index contributed by atoms with van der Waals surface area (Å²) < 4.78 is 0. The Labute approximate surface area is 162 Å². The lowest BCUT2D eigenvalue weighted by molar-refractivity contribution is -0.255. The molecule has 0 saturated carbocycles. The van der Waals surface area contributed by atoms with Crippen LogP contribution in [-0.4, -0.2) is 34.0 Å². The molecule has 142 valence electrons. The molecule has 0 atom stereocenters. The van der Waals surface area contributed by atoms with Crippen molar-refractivity contribution in [3.05, 3.63) is 60.2 Å². The number of carbonyl (C=O) groups is 1. The minimum atomic E-state index is -1.23. The smallest absolute Gasteiger partial charge is 0.233 e. The number of nitrogens with one attached hydrogen (secondary N) is 2. The van der Waals surface area contributed by atoms with Crippen molar-refractivity contribution < 1.29 is 9.90 Å². The molecule has 28 heavy (non-hydrogen) atoms. The van der Waals surface area contributed by atoms with E-state index in [1.165, 1.54) is 12.1 Å². The van der Waals surface area contributed by atoms with E-state index in [0.29, 0.717) is 23.5 Å². The van der Waals surface area contributed by atoms with Crippen LogP contribution >= 0.6 is 0 Å². The van der Waals surface area contributed by atoms with Crippen molar-refractivity contribution in [2.24, 2.45) is 0 Å². The zero-order valence-corrected chi connectivity index (χ0v) is 15.1. The maximum absolute atomic E-state index is 11.1. The number of aromatic carboxylic acids is 1. The van der Waals surface area contributed by atoms with Gasteiger partial charge in [-0.3, -0.25) is 0 Å². The number of benzene rings is 2. The van der Waals surface area contributed by atoms with Crippen molar-refractivity contribution in [3.63, 3.8) is 0 Å². The predicted octanol–water partition coefficient (Wildman–Crippen LogP) is 2.32. The van der Waals surface area contributed by atoms with Crippen LogP contribution in [0.15, 0.2) is 54.6 Å². The molecule has 1 fully saturated rings. The highest BCUT2D eigenvalue weighted by molar-refractivity contribution is 5.87. The van der Waals surface area contributed by atoms with Gasteiger partial charge < -0.3 is 25.4 Å². The monoisotopic (exact) mass is 375 g/mol. The van der Waals surface area contributed by atoms with E-state index in [1.54, 1.807) is 12.1 Å². The van der Waals surface area contributed by atoms with Gasteiger partial charge in [0.2, 0.25) is 17.8 Å². The van der Waals surface area contributed by atoms with E-state index in [-0.39, 0.29) is 5.56 Å². The number of carboxylic acids is 1. The maximum Gasteiger partial charge on any atom is 0.233 e. The van der Waals surface area contributed by atoms with Crippen molar-refractivity contribution in [1.29, 1.82) is 0 Å². The van der Waals surface area contributed by atoms with Crippen LogP contribution in [0.25, 0.3) is 0 Å². The van der Waals surface area contributed by atoms with E-state index in [9.17, 15) is 9.90 Å². The number of hydrogen-bond donors (Lipinski definition) is 2. The number of carbonyl (C=O) groups excluding carboxylic acids is 1. The third-order valence-electron chi connectivity index (χ3n) is 4.40. The van der Waals surface area contributed by atoms with Crippen LogP contribution < -0.4 is 20.6 Å². The molecule has 1 saturated heterocycles. The molecule has 0 radical (unpaired) electrons. The number of hydrogen-bond acceptors (Lipinski definition) is 8. The fraction of sp³-hybridized carbons (Fsp3) is 0.200. The van der Waals surface area contributed by atoms with Crippen LogP contribution in [0.3, 0.4) is 0 Å². The lowest BCUT2D eigenvalue weighted by atomic mass is 10.2. The molecule has 4 rings (SSSR count). The highest BCUT2D eigenvalue weighted by Crippen LogP contribution is 2.23. The van der Waals surface area contributed by atoms with Gasteiger partial charge in [0.05, 0.1) is 5.97 Å². The van der Waals surface area contributed by atoms with E-state index in [4.69, 9.17) is 0 Å². The molecule has 2 N–H and O–H groups in total. The van der Waals surface area contributed by atoms with Crippen molar-refractivity contribution >= 4 is 35.2 Å². The Balaban J connectivity index is 1.65. The van der Waals surface area contributed by atoms with Gasteiger partial charge in [-0.15, -0.1) is 0 Å². The van der Waals surface area contributed by atoms with Gasteiger partial charge in [0.25, 0.3) is 0 Å². The largest absolute Gasteiger partial charge is 0.545 e. The molecule has 0 unspecified atom stereocenters. The Morgan fingerprint density at radius 2 is 1.50 bits per heavy atom. The van der Waals surface area contributed by atoms with Crippen molar-refractivity contribution in [1.82, 2.24) is 15.0 Å². The molecule has 2 aromatic carbocycles. The standard InChI is InChI=1S/C20H20N6O2/c27-17(28)14-7-6-10-16(13-14)22-19-23-18(21-15-8-2-1-3-9-15)24-20(25-19)26-11-4-5-12-26/h1-3,6-10,13H,4-5,11-12H2,(H,27,28)(H2,21,22,23,24,25)/p-1. The van der Waals surface area contributed by atoms with Crippen LogP contribution in [0.5, 0.6) is 0 Å². The summed E-state index contributed by atoms with van der Waals surface area (Å²) in [6.45, 7) is 1.79. The van der Waals surface area contributed by atoms with Gasteiger partial charge in [-0.2, -0.15) is 15.0 Å². The zero-order valence-electron chi connectivity index (χ0n) is 15.1. The minimum absolute atomic E-state index is 0.0847.